The molecule has 2 N–H and O–H groups in total. The Balaban J connectivity index is 2.26. The number of benzene rings is 1. The zero-order chi connectivity index (χ0) is 13.8. The molecule has 0 aliphatic carbocycles. The van der Waals surface area contributed by atoms with Gasteiger partial charge in [-0.2, -0.15) is 5.10 Å². The molecule has 0 saturated heterocycles. The number of aromatic nitrogens is 2. The van der Waals surface area contributed by atoms with Crippen LogP contribution < -0.4 is 5.73 Å². The lowest BCUT2D eigenvalue weighted by Gasteiger charge is -2.05. The van der Waals surface area contributed by atoms with Crippen LogP contribution in [-0.4, -0.2) is 16.3 Å². The second-order valence-electron chi connectivity index (χ2n) is 4.66. The van der Waals surface area contributed by atoms with Gasteiger partial charge < -0.3 is 5.73 Å². The fourth-order valence-electron chi connectivity index (χ4n) is 2.01. The molecule has 0 atom stereocenters. The van der Waals surface area contributed by atoms with Gasteiger partial charge in [-0.3, -0.25) is 4.68 Å². The number of nitrogens with two attached hydrogens (primary N) is 1. The first-order valence-electron chi connectivity index (χ1n) is 6.40. The SMILES string of the molecule is Cc1nn(Cc2cccc(C#CCN)c2)c(C)c1C. The first-order valence-corrected chi connectivity index (χ1v) is 6.40. The van der Waals surface area contributed by atoms with Gasteiger partial charge in [0, 0.05) is 11.3 Å². The summed E-state index contributed by atoms with van der Waals surface area (Å²) >= 11 is 0. The van der Waals surface area contributed by atoms with E-state index in [4.69, 9.17) is 5.73 Å². The van der Waals surface area contributed by atoms with Crippen LogP contribution in [-0.2, 0) is 6.54 Å². The van der Waals surface area contributed by atoms with Crippen LogP contribution in [0.3, 0.4) is 0 Å². The highest BCUT2D eigenvalue weighted by Crippen LogP contribution is 2.13. The molecule has 0 aliphatic heterocycles. The molecule has 0 aliphatic rings. The maximum atomic E-state index is 5.39. The van der Waals surface area contributed by atoms with Gasteiger partial charge in [-0.15, -0.1) is 0 Å². The third-order valence-corrected chi connectivity index (χ3v) is 3.34. The molecule has 1 aromatic heterocycles. The monoisotopic (exact) mass is 253 g/mol. The van der Waals surface area contributed by atoms with Crippen molar-refractivity contribution in [2.75, 3.05) is 6.54 Å². The van der Waals surface area contributed by atoms with Crippen LogP contribution in [0, 0.1) is 32.6 Å². The van der Waals surface area contributed by atoms with E-state index in [1.54, 1.807) is 0 Å². The van der Waals surface area contributed by atoms with Crippen molar-refractivity contribution >= 4 is 0 Å². The molecule has 0 fully saturated rings. The first-order chi connectivity index (χ1) is 9.11. The van der Waals surface area contributed by atoms with E-state index >= 15 is 0 Å². The van der Waals surface area contributed by atoms with E-state index in [1.165, 1.54) is 16.8 Å². The molecule has 1 aromatic carbocycles. The first kappa shape index (κ1) is 13.4. The molecular weight excluding hydrogens is 234 g/mol. The van der Waals surface area contributed by atoms with Crippen LogP contribution in [0.2, 0.25) is 0 Å². The third kappa shape index (κ3) is 3.04. The molecule has 0 spiro atoms. The second-order valence-corrected chi connectivity index (χ2v) is 4.66. The van der Waals surface area contributed by atoms with E-state index in [9.17, 15) is 0 Å². The minimum absolute atomic E-state index is 0.390. The van der Waals surface area contributed by atoms with Crippen molar-refractivity contribution in [2.45, 2.75) is 27.3 Å². The maximum Gasteiger partial charge on any atom is 0.0663 e. The predicted octanol–water partition coefficient (Wildman–Crippen LogP) is 2.17. The lowest BCUT2D eigenvalue weighted by atomic mass is 10.1. The smallest absolute Gasteiger partial charge is 0.0663 e. The Bertz CT molecular complexity index is 642. The molecule has 0 amide bonds. The van der Waals surface area contributed by atoms with Gasteiger partial charge in [0.2, 0.25) is 0 Å². The van der Waals surface area contributed by atoms with E-state index in [2.05, 4.69) is 42.9 Å². The highest BCUT2D eigenvalue weighted by molar-refractivity contribution is 5.37. The topological polar surface area (TPSA) is 43.8 Å². The summed E-state index contributed by atoms with van der Waals surface area (Å²) in [7, 11) is 0. The number of hydrogen-bond acceptors (Lipinski definition) is 2. The third-order valence-electron chi connectivity index (χ3n) is 3.34. The molecular formula is C16H19N3. The Morgan fingerprint density at radius 3 is 2.68 bits per heavy atom. The number of rotatable bonds is 2. The van der Waals surface area contributed by atoms with Crippen molar-refractivity contribution < 1.29 is 0 Å². The van der Waals surface area contributed by atoms with Gasteiger partial charge in [0.15, 0.2) is 0 Å². The van der Waals surface area contributed by atoms with E-state index in [-0.39, 0.29) is 0 Å². The maximum absolute atomic E-state index is 5.39. The van der Waals surface area contributed by atoms with E-state index in [0.29, 0.717) is 6.54 Å². The van der Waals surface area contributed by atoms with Gasteiger partial charge in [-0.1, -0.05) is 24.0 Å². The molecule has 3 nitrogen and oxygen atoms in total. The predicted molar refractivity (Wildman–Crippen MR) is 77.9 cm³/mol. The summed E-state index contributed by atoms with van der Waals surface area (Å²) in [5, 5.41) is 4.56. The summed E-state index contributed by atoms with van der Waals surface area (Å²) in [6, 6.07) is 8.21. The highest BCUT2D eigenvalue weighted by Gasteiger charge is 2.07. The Morgan fingerprint density at radius 1 is 1.26 bits per heavy atom. The molecule has 98 valence electrons. The zero-order valence-corrected chi connectivity index (χ0v) is 11.7. The molecule has 2 rings (SSSR count). The summed E-state index contributed by atoms with van der Waals surface area (Å²) in [5.41, 5.74) is 11.2. The normalized spacial score (nSPS) is 10.1. The summed E-state index contributed by atoms with van der Waals surface area (Å²) in [5.74, 6) is 5.93. The summed E-state index contributed by atoms with van der Waals surface area (Å²) in [4.78, 5) is 0. The van der Waals surface area contributed by atoms with Gasteiger partial charge in [0.1, 0.15) is 0 Å². The number of hydrogen-bond donors (Lipinski definition) is 1. The average Bonchev–Trinajstić information content (AvgIpc) is 2.64. The van der Waals surface area contributed by atoms with Crippen molar-refractivity contribution in [3.63, 3.8) is 0 Å². The van der Waals surface area contributed by atoms with Crippen LogP contribution in [0.15, 0.2) is 24.3 Å². The number of nitrogens with zero attached hydrogens (tertiary/aromatic N) is 2. The van der Waals surface area contributed by atoms with E-state index in [0.717, 1.165) is 17.8 Å². The Hall–Kier alpha value is -2.05. The van der Waals surface area contributed by atoms with Crippen molar-refractivity contribution in [1.29, 1.82) is 0 Å². The second kappa shape index (κ2) is 5.73. The summed E-state index contributed by atoms with van der Waals surface area (Å²) in [6.45, 7) is 7.42. The van der Waals surface area contributed by atoms with Gasteiger partial charge >= 0.3 is 0 Å². The molecule has 0 radical (unpaired) electrons. The Morgan fingerprint density at radius 2 is 2.05 bits per heavy atom. The largest absolute Gasteiger partial charge is 0.320 e. The van der Waals surface area contributed by atoms with Crippen molar-refractivity contribution in [1.82, 2.24) is 9.78 Å². The molecule has 0 bridgehead atoms. The van der Waals surface area contributed by atoms with E-state index in [1.807, 2.05) is 23.7 Å². The molecule has 0 unspecified atom stereocenters. The lowest BCUT2D eigenvalue weighted by molar-refractivity contribution is 0.658. The fraction of sp³-hybridized carbons (Fsp3) is 0.312. The van der Waals surface area contributed by atoms with Crippen LogP contribution in [0.25, 0.3) is 0 Å². The zero-order valence-electron chi connectivity index (χ0n) is 11.7. The average molecular weight is 253 g/mol. The van der Waals surface area contributed by atoms with E-state index < -0.39 is 0 Å². The summed E-state index contributed by atoms with van der Waals surface area (Å²) < 4.78 is 2.04. The van der Waals surface area contributed by atoms with Crippen molar-refractivity contribution in [3.8, 4) is 11.8 Å². The molecule has 1 heterocycles. The van der Waals surface area contributed by atoms with Gasteiger partial charge in [0.05, 0.1) is 18.8 Å². The van der Waals surface area contributed by atoms with Crippen LogP contribution in [0.1, 0.15) is 28.1 Å². The van der Waals surface area contributed by atoms with Crippen LogP contribution in [0.4, 0.5) is 0 Å². The highest BCUT2D eigenvalue weighted by atomic mass is 15.3. The minimum atomic E-state index is 0.390. The minimum Gasteiger partial charge on any atom is -0.320 e. The molecule has 19 heavy (non-hydrogen) atoms. The molecule has 3 heteroatoms. The fourth-order valence-corrected chi connectivity index (χ4v) is 2.01. The van der Waals surface area contributed by atoms with Gasteiger partial charge in [-0.25, -0.2) is 0 Å². The van der Waals surface area contributed by atoms with Gasteiger partial charge in [-0.05, 0) is 44.0 Å². The van der Waals surface area contributed by atoms with Gasteiger partial charge in [0.25, 0.3) is 0 Å². The van der Waals surface area contributed by atoms with Crippen LogP contribution >= 0.6 is 0 Å². The van der Waals surface area contributed by atoms with Crippen molar-refractivity contribution in [3.05, 3.63) is 52.3 Å². The quantitative estimate of drug-likeness (QED) is 0.834. The standard InChI is InChI=1S/C16H19N3/c1-12-13(2)18-19(14(12)3)11-16-7-4-6-15(10-16)8-5-9-17/h4,6-7,10H,9,11,17H2,1-3H3. The lowest BCUT2D eigenvalue weighted by Crippen LogP contribution is -2.04. The summed E-state index contributed by atoms with van der Waals surface area (Å²) in [6.07, 6.45) is 0. The Labute approximate surface area is 114 Å². The number of aryl methyl sites for hydroxylation is 1. The molecule has 0 saturated carbocycles. The molecule has 2 aromatic rings. The Kier molecular flexibility index (Phi) is 4.03. The van der Waals surface area contributed by atoms with Crippen LogP contribution in [0.5, 0.6) is 0 Å². The van der Waals surface area contributed by atoms with Crippen molar-refractivity contribution in [2.24, 2.45) is 5.73 Å².